The van der Waals surface area contributed by atoms with Gasteiger partial charge in [0.15, 0.2) is 0 Å². The van der Waals surface area contributed by atoms with Crippen LogP contribution in [0.1, 0.15) is 53.0 Å². The zero-order valence-corrected chi connectivity index (χ0v) is 21.0. The van der Waals surface area contributed by atoms with E-state index in [0.29, 0.717) is 11.8 Å². The lowest BCUT2D eigenvalue weighted by Gasteiger charge is -2.28. The van der Waals surface area contributed by atoms with E-state index in [1.807, 2.05) is 0 Å². The molecule has 2 aliphatic heterocycles. The number of likely N-dealkylation sites (tertiary alicyclic amines) is 1. The second-order valence-electron chi connectivity index (χ2n) is 9.97. The van der Waals surface area contributed by atoms with E-state index in [9.17, 15) is 5.11 Å². The van der Waals surface area contributed by atoms with E-state index < -0.39 is 0 Å². The molecule has 1 N–H and O–H groups in total. The van der Waals surface area contributed by atoms with Gasteiger partial charge in [-0.25, -0.2) is 0 Å². The number of likely N-dealkylation sites (N-methyl/N-ethyl adjacent to an activating group) is 1. The smallest absolute Gasteiger partial charge is 0.120 e. The van der Waals surface area contributed by atoms with Crippen LogP contribution in [0, 0.1) is 0 Å². The fourth-order valence-electron chi connectivity index (χ4n) is 5.72. The van der Waals surface area contributed by atoms with Crippen LogP contribution in [0.15, 0.2) is 72.8 Å². The molecule has 0 unspecified atom stereocenters. The Morgan fingerprint density at radius 2 is 1.56 bits per heavy atom. The first kappa shape index (κ1) is 24.8. The van der Waals surface area contributed by atoms with Crippen LogP contribution in [0.5, 0.6) is 5.75 Å². The molecule has 5 rings (SSSR count). The lowest BCUT2D eigenvalue weighted by atomic mass is 9.86. The predicted octanol–water partition coefficient (Wildman–Crippen LogP) is 6.03. The summed E-state index contributed by atoms with van der Waals surface area (Å²) < 4.78 is 0. The monoisotopic (exact) mass is 476 g/mol. The van der Waals surface area contributed by atoms with E-state index in [1.54, 1.807) is 0 Å². The third kappa shape index (κ3) is 5.66. The van der Waals surface area contributed by atoms with Gasteiger partial charge in [-0.15, -0.1) is 12.4 Å². The summed E-state index contributed by atoms with van der Waals surface area (Å²) in [7, 11) is 2.27. The SMILES string of the molecule is CN1C[C@@H](c2ccccc2)c2cc(O)c(CN3CCCCC3)cc2C[C@H]1Cc1ccccc1.Cl. The van der Waals surface area contributed by atoms with Gasteiger partial charge in [0.05, 0.1) is 0 Å². The Bertz CT molecular complexity index is 1050. The summed E-state index contributed by atoms with van der Waals surface area (Å²) in [6.45, 7) is 4.10. The van der Waals surface area contributed by atoms with Gasteiger partial charge in [0, 0.05) is 30.6 Å². The van der Waals surface area contributed by atoms with E-state index in [0.717, 1.165) is 44.6 Å². The van der Waals surface area contributed by atoms with Crippen molar-refractivity contribution in [3.63, 3.8) is 0 Å². The van der Waals surface area contributed by atoms with Gasteiger partial charge >= 0.3 is 0 Å². The van der Waals surface area contributed by atoms with Gasteiger partial charge in [0.2, 0.25) is 0 Å². The maximum atomic E-state index is 11.1. The highest BCUT2D eigenvalue weighted by Gasteiger charge is 2.30. The highest BCUT2D eigenvalue weighted by atomic mass is 35.5. The Labute approximate surface area is 210 Å². The molecule has 3 nitrogen and oxygen atoms in total. The fourth-order valence-corrected chi connectivity index (χ4v) is 5.72. The third-order valence-electron chi connectivity index (χ3n) is 7.62. The van der Waals surface area contributed by atoms with Crippen molar-refractivity contribution >= 4 is 12.4 Å². The van der Waals surface area contributed by atoms with Gasteiger partial charge in [0.25, 0.3) is 0 Å². The minimum atomic E-state index is 0. The van der Waals surface area contributed by atoms with Crippen molar-refractivity contribution in [2.75, 3.05) is 26.7 Å². The minimum Gasteiger partial charge on any atom is -0.508 e. The molecule has 0 aliphatic carbocycles. The molecule has 4 heteroatoms. The molecule has 2 heterocycles. The Morgan fingerprint density at radius 3 is 2.26 bits per heavy atom. The lowest BCUT2D eigenvalue weighted by molar-refractivity contribution is 0.218. The molecule has 0 bridgehead atoms. The molecule has 2 atom stereocenters. The van der Waals surface area contributed by atoms with Crippen LogP contribution in [-0.2, 0) is 19.4 Å². The number of benzene rings is 3. The van der Waals surface area contributed by atoms with Crippen molar-refractivity contribution in [1.82, 2.24) is 9.80 Å². The number of fused-ring (bicyclic) bond motifs is 1. The van der Waals surface area contributed by atoms with Crippen LogP contribution >= 0.6 is 12.4 Å². The summed E-state index contributed by atoms with van der Waals surface area (Å²) in [5, 5.41) is 11.1. The first-order valence-corrected chi connectivity index (χ1v) is 12.5. The van der Waals surface area contributed by atoms with Crippen LogP contribution < -0.4 is 0 Å². The second-order valence-corrected chi connectivity index (χ2v) is 9.97. The number of hydrogen-bond acceptors (Lipinski definition) is 3. The number of hydrogen-bond donors (Lipinski definition) is 1. The molecule has 0 amide bonds. The van der Waals surface area contributed by atoms with Gasteiger partial charge in [-0.1, -0.05) is 73.2 Å². The molecular formula is C30H37ClN2O. The predicted molar refractivity (Wildman–Crippen MR) is 143 cm³/mol. The van der Waals surface area contributed by atoms with Gasteiger partial charge in [-0.05, 0) is 74.1 Å². The first-order chi connectivity index (χ1) is 16.2. The first-order valence-electron chi connectivity index (χ1n) is 12.5. The quantitative estimate of drug-likeness (QED) is 0.487. The maximum Gasteiger partial charge on any atom is 0.120 e. The molecule has 180 valence electrons. The number of rotatable bonds is 5. The normalized spacial score (nSPS) is 21.3. The molecule has 0 saturated carbocycles. The average Bonchev–Trinajstić information content (AvgIpc) is 2.98. The molecule has 0 radical (unpaired) electrons. The Kier molecular flexibility index (Phi) is 8.31. The van der Waals surface area contributed by atoms with E-state index in [2.05, 4.69) is 89.6 Å². The number of nitrogens with zero attached hydrogens (tertiary/aromatic N) is 2. The number of halogens is 1. The third-order valence-corrected chi connectivity index (χ3v) is 7.62. The number of aromatic hydroxyl groups is 1. The highest BCUT2D eigenvalue weighted by molar-refractivity contribution is 5.85. The van der Waals surface area contributed by atoms with Gasteiger partial charge < -0.3 is 10.0 Å². The number of phenolic OH excluding ortho intramolecular Hbond substituents is 1. The zero-order chi connectivity index (χ0) is 22.6. The van der Waals surface area contributed by atoms with Crippen LogP contribution in [-0.4, -0.2) is 47.6 Å². The van der Waals surface area contributed by atoms with Crippen LogP contribution in [0.4, 0.5) is 0 Å². The number of piperidine rings is 1. The van der Waals surface area contributed by atoms with Gasteiger partial charge in [0.1, 0.15) is 5.75 Å². The van der Waals surface area contributed by atoms with Gasteiger partial charge in [-0.3, -0.25) is 4.90 Å². The number of phenols is 1. The van der Waals surface area contributed by atoms with E-state index in [1.165, 1.54) is 41.5 Å². The topological polar surface area (TPSA) is 26.7 Å². The Morgan fingerprint density at radius 1 is 0.882 bits per heavy atom. The second kappa shape index (κ2) is 11.4. The molecule has 3 aromatic rings. The largest absolute Gasteiger partial charge is 0.508 e. The van der Waals surface area contributed by atoms with Crippen molar-refractivity contribution < 1.29 is 5.11 Å². The van der Waals surface area contributed by atoms with Crippen molar-refractivity contribution in [2.45, 2.75) is 50.6 Å². The summed E-state index contributed by atoms with van der Waals surface area (Å²) in [4.78, 5) is 5.04. The summed E-state index contributed by atoms with van der Waals surface area (Å²) >= 11 is 0. The molecule has 1 fully saturated rings. The molecule has 0 spiro atoms. The molecule has 3 aromatic carbocycles. The summed E-state index contributed by atoms with van der Waals surface area (Å²) in [5.74, 6) is 0.728. The highest BCUT2D eigenvalue weighted by Crippen LogP contribution is 2.37. The van der Waals surface area contributed by atoms with Crippen LogP contribution in [0.2, 0.25) is 0 Å². The lowest BCUT2D eigenvalue weighted by Crippen LogP contribution is -2.36. The average molecular weight is 477 g/mol. The van der Waals surface area contributed by atoms with E-state index in [4.69, 9.17) is 0 Å². The maximum absolute atomic E-state index is 11.1. The fraction of sp³-hybridized carbons (Fsp3) is 0.400. The van der Waals surface area contributed by atoms with Crippen molar-refractivity contribution in [1.29, 1.82) is 0 Å². The molecule has 2 aliphatic rings. The Hall–Kier alpha value is -2.33. The molecule has 0 aromatic heterocycles. The molecular weight excluding hydrogens is 440 g/mol. The summed E-state index contributed by atoms with van der Waals surface area (Å²) in [6.07, 6.45) is 5.92. The summed E-state index contributed by atoms with van der Waals surface area (Å²) in [6, 6.07) is 26.5. The van der Waals surface area contributed by atoms with Crippen molar-refractivity contribution in [3.8, 4) is 5.75 Å². The zero-order valence-electron chi connectivity index (χ0n) is 20.2. The van der Waals surface area contributed by atoms with Crippen molar-refractivity contribution in [2.24, 2.45) is 0 Å². The molecule has 1 saturated heterocycles. The van der Waals surface area contributed by atoms with E-state index >= 15 is 0 Å². The summed E-state index contributed by atoms with van der Waals surface area (Å²) in [5.41, 5.74) is 6.50. The minimum absolute atomic E-state index is 0. The van der Waals surface area contributed by atoms with E-state index in [-0.39, 0.29) is 18.3 Å². The van der Waals surface area contributed by atoms with Crippen LogP contribution in [0.25, 0.3) is 0 Å². The van der Waals surface area contributed by atoms with Gasteiger partial charge in [-0.2, -0.15) is 0 Å². The van der Waals surface area contributed by atoms with Crippen LogP contribution in [0.3, 0.4) is 0 Å². The van der Waals surface area contributed by atoms with Crippen molar-refractivity contribution in [3.05, 3.63) is 101 Å². The molecule has 34 heavy (non-hydrogen) atoms. The Balaban J connectivity index is 0.00000274. The standard InChI is InChI=1S/C30H36N2O.ClH/c1-31-22-29(24-13-7-3-8-14-24)28-20-30(33)26(21-32-15-9-4-10-16-32)18-25(28)19-27(31)17-23-11-5-2-6-12-23;/h2-3,5-8,11-14,18,20,27,29,33H,4,9-10,15-17,19,21-22H2,1H3;1H/t27-,29+;/m1./s1.